The highest BCUT2D eigenvalue weighted by molar-refractivity contribution is 5.98. The highest BCUT2D eigenvalue weighted by atomic mass is 19.1. The Bertz CT molecular complexity index is 819. The van der Waals surface area contributed by atoms with Crippen molar-refractivity contribution in [2.45, 2.75) is 13.5 Å². The highest BCUT2D eigenvalue weighted by Crippen LogP contribution is 2.11. The zero-order valence-electron chi connectivity index (χ0n) is 15.3. The van der Waals surface area contributed by atoms with Crippen LogP contribution in [-0.4, -0.2) is 59.3 Å². The second kappa shape index (κ2) is 8.73. The molecule has 1 fully saturated rings. The van der Waals surface area contributed by atoms with Gasteiger partial charge < -0.3 is 15.1 Å². The van der Waals surface area contributed by atoms with E-state index in [-0.39, 0.29) is 24.0 Å². The zero-order valence-corrected chi connectivity index (χ0v) is 15.3. The summed E-state index contributed by atoms with van der Waals surface area (Å²) >= 11 is 0. The molecule has 7 heteroatoms. The summed E-state index contributed by atoms with van der Waals surface area (Å²) in [7, 11) is 0. The number of carbonyl (C=O) groups excluding carboxylic acids is 2. The number of piperazine rings is 1. The molecule has 0 atom stereocenters. The maximum Gasteiger partial charge on any atom is 0.270 e. The van der Waals surface area contributed by atoms with Crippen LogP contribution in [0.1, 0.15) is 33.3 Å². The topological polar surface area (TPSA) is 65.5 Å². The van der Waals surface area contributed by atoms with Crippen LogP contribution in [0.5, 0.6) is 0 Å². The first kappa shape index (κ1) is 19.0. The van der Waals surface area contributed by atoms with Crippen molar-refractivity contribution < 1.29 is 14.0 Å². The predicted molar refractivity (Wildman–Crippen MR) is 99.8 cm³/mol. The van der Waals surface area contributed by atoms with Gasteiger partial charge in [-0.05, 0) is 24.7 Å². The summed E-state index contributed by atoms with van der Waals surface area (Å²) in [6, 6.07) is 9.36. The molecule has 142 valence electrons. The van der Waals surface area contributed by atoms with Crippen molar-refractivity contribution in [3.8, 4) is 0 Å². The summed E-state index contributed by atoms with van der Waals surface area (Å²) in [6.07, 6.45) is 1.45. The lowest BCUT2D eigenvalue weighted by molar-refractivity contribution is 0.0643. The molecule has 0 unspecified atom stereocenters. The fraction of sp³-hybridized carbons (Fsp3) is 0.350. The number of hydrogen-bond acceptors (Lipinski definition) is 4. The number of nitrogens with one attached hydrogen (secondary N) is 1. The van der Waals surface area contributed by atoms with Gasteiger partial charge in [0.1, 0.15) is 11.5 Å². The Balaban J connectivity index is 1.63. The van der Waals surface area contributed by atoms with E-state index in [0.29, 0.717) is 24.2 Å². The third kappa shape index (κ3) is 4.68. The van der Waals surface area contributed by atoms with E-state index in [4.69, 9.17) is 0 Å². The number of nitrogens with zero attached hydrogens (tertiary/aromatic N) is 3. The van der Waals surface area contributed by atoms with Gasteiger partial charge in [0, 0.05) is 50.0 Å². The summed E-state index contributed by atoms with van der Waals surface area (Å²) < 4.78 is 13.7. The van der Waals surface area contributed by atoms with Crippen molar-refractivity contribution in [2.24, 2.45) is 0 Å². The second-order valence-electron chi connectivity index (χ2n) is 6.43. The molecule has 0 saturated carbocycles. The molecule has 1 aromatic heterocycles. The van der Waals surface area contributed by atoms with Gasteiger partial charge >= 0.3 is 0 Å². The van der Waals surface area contributed by atoms with Crippen LogP contribution >= 0.6 is 0 Å². The number of aromatic nitrogens is 1. The Labute approximate surface area is 158 Å². The molecule has 1 aliphatic rings. The first-order valence-corrected chi connectivity index (χ1v) is 9.07. The summed E-state index contributed by atoms with van der Waals surface area (Å²) in [6.45, 7) is 6.18. The standard InChI is InChI=1S/C20H23FN4O2/c1-2-24-9-11-25(12-10-24)20(27)15-7-8-22-18(13-15)19(26)23-14-16-5-3-4-6-17(16)21/h3-8,13H,2,9-12,14H2,1H3,(H,23,26). The molecule has 0 bridgehead atoms. The van der Waals surface area contributed by atoms with E-state index in [0.717, 1.165) is 19.6 Å². The minimum Gasteiger partial charge on any atom is -0.347 e. The summed E-state index contributed by atoms with van der Waals surface area (Å²) in [4.78, 5) is 33.2. The Morgan fingerprint density at radius 3 is 2.59 bits per heavy atom. The van der Waals surface area contributed by atoms with Crippen LogP contribution in [0.25, 0.3) is 0 Å². The average Bonchev–Trinajstić information content (AvgIpc) is 2.72. The number of pyridine rings is 1. The molecule has 1 aromatic carbocycles. The number of halogens is 1. The SMILES string of the molecule is CCN1CCN(C(=O)c2ccnc(C(=O)NCc3ccccc3F)c2)CC1. The largest absolute Gasteiger partial charge is 0.347 e. The quantitative estimate of drug-likeness (QED) is 0.874. The molecule has 0 spiro atoms. The van der Waals surface area contributed by atoms with Gasteiger partial charge in [-0.2, -0.15) is 0 Å². The average molecular weight is 370 g/mol. The molecule has 2 amide bonds. The van der Waals surface area contributed by atoms with Crippen LogP contribution in [0.4, 0.5) is 4.39 Å². The van der Waals surface area contributed by atoms with Crippen LogP contribution in [0, 0.1) is 5.82 Å². The molecule has 1 N–H and O–H groups in total. The van der Waals surface area contributed by atoms with Gasteiger partial charge in [0.25, 0.3) is 11.8 Å². The highest BCUT2D eigenvalue weighted by Gasteiger charge is 2.22. The zero-order chi connectivity index (χ0) is 19.2. The summed E-state index contributed by atoms with van der Waals surface area (Å²) in [5, 5.41) is 2.64. The Hall–Kier alpha value is -2.80. The van der Waals surface area contributed by atoms with Crippen molar-refractivity contribution in [1.82, 2.24) is 20.1 Å². The molecule has 0 radical (unpaired) electrons. The third-order valence-electron chi connectivity index (χ3n) is 4.74. The van der Waals surface area contributed by atoms with Crippen LogP contribution in [0.3, 0.4) is 0 Å². The number of benzene rings is 1. The van der Waals surface area contributed by atoms with Gasteiger partial charge in [-0.3, -0.25) is 14.6 Å². The van der Waals surface area contributed by atoms with Gasteiger partial charge in [0.2, 0.25) is 0 Å². The first-order chi connectivity index (χ1) is 13.1. The molecule has 6 nitrogen and oxygen atoms in total. The lowest BCUT2D eigenvalue weighted by Gasteiger charge is -2.34. The molecule has 3 rings (SSSR count). The van der Waals surface area contributed by atoms with E-state index in [1.54, 1.807) is 29.2 Å². The molecular weight excluding hydrogens is 347 g/mol. The van der Waals surface area contributed by atoms with Crippen LogP contribution in [0.15, 0.2) is 42.6 Å². The summed E-state index contributed by atoms with van der Waals surface area (Å²) in [5.41, 5.74) is 0.974. The fourth-order valence-corrected chi connectivity index (χ4v) is 3.05. The van der Waals surface area contributed by atoms with E-state index in [1.165, 1.54) is 18.3 Å². The lowest BCUT2D eigenvalue weighted by atomic mass is 10.1. The molecule has 2 heterocycles. The molecule has 2 aromatic rings. The monoisotopic (exact) mass is 370 g/mol. The van der Waals surface area contributed by atoms with E-state index in [9.17, 15) is 14.0 Å². The van der Waals surface area contributed by atoms with Gasteiger partial charge in [-0.1, -0.05) is 25.1 Å². The predicted octanol–water partition coefficient (Wildman–Crippen LogP) is 1.93. The van der Waals surface area contributed by atoms with E-state index in [2.05, 4.69) is 22.1 Å². The van der Waals surface area contributed by atoms with Crippen molar-refractivity contribution in [2.75, 3.05) is 32.7 Å². The maximum absolute atomic E-state index is 13.7. The molecule has 0 aliphatic carbocycles. The fourth-order valence-electron chi connectivity index (χ4n) is 3.05. The van der Waals surface area contributed by atoms with Crippen molar-refractivity contribution in [3.05, 3.63) is 65.2 Å². The van der Waals surface area contributed by atoms with Crippen molar-refractivity contribution >= 4 is 11.8 Å². The van der Waals surface area contributed by atoms with Gasteiger partial charge in [-0.25, -0.2) is 4.39 Å². The normalized spacial score (nSPS) is 14.8. The van der Waals surface area contributed by atoms with Gasteiger partial charge in [0.05, 0.1) is 0 Å². The number of amides is 2. The summed E-state index contributed by atoms with van der Waals surface area (Å²) in [5.74, 6) is -0.916. The smallest absolute Gasteiger partial charge is 0.270 e. The van der Waals surface area contributed by atoms with Crippen LogP contribution in [-0.2, 0) is 6.54 Å². The van der Waals surface area contributed by atoms with E-state index < -0.39 is 5.91 Å². The van der Waals surface area contributed by atoms with Gasteiger partial charge in [-0.15, -0.1) is 0 Å². The molecular formula is C20H23FN4O2. The Morgan fingerprint density at radius 1 is 1.15 bits per heavy atom. The molecule has 1 aliphatic heterocycles. The van der Waals surface area contributed by atoms with E-state index in [1.807, 2.05) is 0 Å². The number of likely N-dealkylation sites (N-methyl/N-ethyl adjacent to an activating group) is 1. The second-order valence-corrected chi connectivity index (χ2v) is 6.43. The van der Waals surface area contributed by atoms with Crippen LogP contribution < -0.4 is 5.32 Å². The first-order valence-electron chi connectivity index (χ1n) is 9.07. The van der Waals surface area contributed by atoms with E-state index >= 15 is 0 Å². The molecule has 27 heavy (non-hydrogen) atoms. The number of rotatable bonds is 5. The Kier molecular flexibility index (Phi) is 6.13. The van der Waals surface area contributed by atoms with Crippen LogP contribution in [0.2, 0.25) is 0 Å². The lowest BCUT2D eigenvalue weighted by Crippen LogP contribution is -2.48. The van der Waals surface area contributed by atoms with Crippen molar-refractivity contribution in [3.63, 3.8) is 0 Å². The van der Waals surface area contributed by atoms with Crippen molar-refractivity contribution in [1.29, 1.82) is 0 Å². The Morgan fingerprint density at radius 2 is 1.89 bits per heavy atom. The number of carbonyl (C=O) groups is 2. The number of hydrogen-bond donors (Lipinski definition) is 1. The maximum atomic E-state index is 13.7. The minimum atomic E-state index is -0.441. The third-order valence-corrected chi connectivity index (χ3v) is 4.74. The van der Waals surface area contributed by atoms with Gasteiger partial charge in [0.15, 0.2) is 0 Å². The minimum absolute atomic E-state index is 0.0599. The molecule has 1 saturated heterocycles.